The summed E-state index contributed by atoms with van der Waals surface area (Å²) in [6.07, 6.45) is 3.13. The first kappa shape index (κ1) is 13.6. The number of benzene rings is 1. The van der Waals surface area contributed by atoms with E-state index in [9.17, 15) is 13.2 Å². The van der Waals surface area contributed by atoms with Crippen molar-refractivity contribution in [1.82, 2.24) is 9.62 Å². The van der Waals surface area contributed by atoms with Crippen molar-refractivity contribution in [2.75, 3.05) is 12.8 Å². The third-order valence-corrected chi connectivity index (χ3v) is 4.77. The maximum absolute atomic E-state index is 12.1. The molecule has 0 saturated carbocycles. The molecule has 20 heavy (non-hydrogen) atoms. The molecular weight excluding hydrogens is 276 g/mol. The van der Waals surface area contributed by atoms with E-state index in [-0.39, 0.29) is 24.4 Å². The molecule has 1 aromatic rings. The van der Waals surface area contributed by atoms with Crippen LogP contribution in [0.1, 0.15) is 17.5 Å². The maximum Gasteiger partial charge on any atom is 0.224 e. The third kappa shape index (κ3) is 2.71. The zero-order chi connectivity index (χ0) is 14.3. The van der Waals surface area contributed by atoms with Gasteiger partial charge in [0.1, 0.15) is 0 Å². The Hall–Kier alpha value is -1.40. The number of carbonyl (C=O) groups is 1. The molecule has 6 heteroatoms. The second kappa shape index (κ2) is 4.86. The largest absolute Gasteiger partial charge is 0.337 e. The Balaban J connectivity index is 1.69. The van der Waals surface area contributed by atoms with Gasteiger partial charge in [0.15, 0.2) is 0 Å². The number of sulfonamides is 1. The molecular formula is C14H18N2O3S. The lowest BCUT2D eigenvalue weighted by molar-refractivity contribution is -0.129. The zero-order valence-corrected chi connectivity index (χ0v) is 12.2. The van der Waals surface area contributed by atoms with Crippen molar-refractivity contribution < 1.29 is 13.2 Å². The average Bonchev–Trinajstić information content (AvgIpc) is 2.90. The van der Waals surface area contributed by atoms with Crippen LogP contribution in [-0.2, 0) is 27.7 Å². The average molecular weight is 294 g/mol. The SMILES string of the molecule is CS(=O)(=O)N[C@@H]1CC(=O)N(C2Cc3ccccc3C2)C1. The van der Waals surface area contributed by atoms with Crippen molar-refractivity contribution in [1.29, 1.82) is 0 Å². The minimum absolute atomic E-state index is 0.0453. The van der Waals surface area contributed by atoms with E-state index >= 15 is 0 Å². The zero-order valence-electron chi connectivity index (χ0n) is 11.4. The number of likely N-dealkylation sites (tertiary alicyclic amines) is 1. The Kier molecular flexibility index (Phi) is 3.30. The van der Waals surface area contributed by atoms with Crippen molar-refractivity contribution >= 4 is 15.9 Å². The molecule has 1 amide bonds. The lowest BCUT2D eigenvalue weighted by Gasteiger charge is -2.24. The van der Waals surface area contributed by atoms with Gasteiger partial charge in [-0.3, -0.25) is 4.79 Å². The van der Waals surface area contributed by atoms with Gasteiger partial charge in [-0.25, -0.2) is 13.1 Å². The first-order valence-electron chi connectivity index (χ1n) is 6.76. The molecule has 1 fully saturated rings. The molecule has 108 valence electrons. The monoisotopic (exact) mass is 294 g/mol. The van der Waals surface area contributed by atoms with Gasteiger partial charge < -0.3 is 4.90 Å². The highest BCUT2D eigenvalue weighted by Crippen LogP contribution is 2.28. The molecule has 0 spiro atoms. The number of nitrogens with zero attached hydrogens (tertiary/aromatic N) is 1. The van der Waals surface area contributed by atoms with Crippen LogP contribution in [-0.4, -0.2) is 44.1 Å². The summed E-state index contributed by atoms with van der Waals surface area (Å²) in [5.74, 6) is 0.0453. The van der Waals surface area contributed by atoms with Gasteiger partial charge in [-0.1, -0.05) is 24.3 Å². The molecule has 0 unspecified atom stereocenters. The number of rotatable bonds is 3. The van der Waals surface area contributed by atoms with Crippen LogP contribution < -0.4 is 4.72 Å². The van der Waals surface area contributed by atoms with E-state index < -0.39 is 10.0 Å². The highest BCUT2D eigenvalue weighted by atomic mass is 32.2. The van der Waals surface area contributed by atoms with Crippen molar-refractivity contribution in [2.45, 2.75) is 31.3 Å². The Morgan fingerprint density at radius 2 is 1.75 bits per heavy atom. The van der Waals surface area contributed by atoms with Crippen molar-refractivity contribution in [2.24, 2.45) is 0 Å². The molecule has 0 radical (unpaired) electrons. The summed E-state index contributed by atoms with van der Waals surface area (Å²) in [4.78, 5) is 13.9. The quantitative estimate of drug-likeness (QED) is 0.872. The number of nitrogens with one attached hydrogen (secondary N) is 1. The fourth-order valence-corrected chi connectivity index (χ4v) is 3.99. The van der Waals surface area contributed by atoms with Crippen LogP contribution in [0, 0.1) is 0 Å². The molecule has 1 atom stereocenters. The summed E-state index contributed by atoms with van der Waals surface area (Å²) in [5.41, 5.74) is 2.59. The number of amides is 1. The van der Waals surface area contributed by atoms with Gasteiger partial charge in [0, 0.05) is 25.0 Å². The summed E-state index contributed by atoms with van der Waals surface area (Å²) in [7, 11) is -3.26. The van der Waals surface area contributed by atoms with Crippen LogP contribution in [0.15, 0.2) is 24.3 Å². The van der Waals surface area contributed by atoms with Crippen molar-refractivity contribution in [3.8, 4) is 0 Å². The van der Waals surface area contributed by atoms with E-state index in [2.05, 4.69) is 16.9 Å². The summed E-state index contributed by atoms with van der Waals surface area (Å²) >= 11 is 0. The Bertz CT molecular complexity index is 617. The molecule has 5 nitrogen and oxygen atoms in total. The van der Waals surface area contributed by atoms with E-state index in [1.54, 1.807) is 0 Å². The van der Waals surface area contributed by atoms with Gasteiger partial charge in [0.2, 0.25) is 15.9 Å². The minimum atomic E-state index is -3.26. The van der Waals surface area contributed by atoms with E-state index in [0.29, 0.717) is 6.54 Å². The van der Waals surface area contributed by atoms with Gasteiger partial charge in [-0.05, 0) is 24.0 Å². The van der Waals surface area contributed by atoms with Gasteiger partial charge in [-0.2, -0.15) is 0 Å². The van der Waals surface area contributed by atoms with E-state index in [1.165, 1.54) is 11.1 Å². The van der Waals surface area contributed by atoms with E-state index in [4.69, 9.17) is 0 Å². The predicted octanol–water partition coefficient (Wildman–Crippen LogP) is 0.304. The van der Waals surface area contributed by atoms with Crippen LogP contribution in [0.3, 0.4) is 0 Å². The third-order valence-electron chi connectivity index (χ3n) is 4.01. The molecule has 3 rings (SSSR count). The maximum atomic E-state index is 12.1. The molecule has 1 N–H and O–H groups in total. The van der Waals surface area contributed by atoms with Gasteiger partial charge in [-0.15, -0.1) is 0 Å². The molecule has 1 aromatic carbocycles. The van der Waals surface area contributed by atoms with Crippen molar-refractivity contribution in [3.63, 3.8) is 0 Å². The molecule has 0 aromatic heterocycles. The number of hydrogen-bond donors (Lipinski definition) is 1. The normalized spacial score (nSPS) is 23.4. The van der Waals surface area contributed by atoms with Gasteiger partial charge >= 0.3 is 0 Å². The second-order valence-corrected chi connectivity index (χ2v) is 7.45. The van der Waals surface area contributed by atoms with Crippen molar-refractivity contribution in [3.05, 3.63) is 35.4 Å². The van der Waals surface area contributed by atoms with Crippen LogP contribution in [0.25, 0.3) is 0 Å². The van der Waals surface area contributed by atoms with Crippen LogP contribution in [0.4, 0.5) is 0 Å². The molecule has 0 bridgehead atoms. The van der Waals surface area contributed by atoms with Gasteiger partial charge in [0.25, 0.3) is 0 Å². The minimum Gasteiger partial charge on any atom is -0.337 e. The Labute approximate surface area is 119 Å². The summed E-state index contributed by atoms with van der Waals surface area (Å²) in [6.45, 7) is 0.477. The number of carbonyl (C=O) groups excluding carboxylic acids is 1. The van der Waals surface area contributed by atoms with Crippen LogP contribution in [0.5, 0.6) is 0 Å². The lowest BCUT2D eigenvalue weighted by atomic mass is 10.1. The van der Waals surface area contributed by atoms with E-state index in [0.717, 1.165) is 19.1 Å². The first-order valence-corrected chi connectivity index (χ1v) is 8.65. The van der Waals surface area contributed by atoms with Crippen LogP contribution >= 0.6 is 0 Å². The molecule has 1 saturated heterocycles. The lowest BCUT2D eigenvalue weighted by Crippen LogP contribution is -2.40. The summed E-state index contributed by atoms with van der Waals surface area (Å²) in [5, 5.41) is 0. The van der Waals surface area contributed by atoms with Gasteiger partial charge in [0.05, 0.1) is 6.26 Å². The standard InChI is InChI=1S/C14H18N2O3S/c1-20(18,19)15-12-8-14(17)16(9-12)13-6-10-4-2-3-5-11(10)7-13/h2-5,12-13,15H,6-9H2,1H3/t12-/m1/s1. The second-order valence-electron chi connectivity index (χ2n) is 5.67. The smallest absolute Gasteiger partial charge is 0.224 e. The summed E-state index contributed by atoms with van der Waals surface area (Å²) in [6, 6.07) is 8.11. The highest BCUT2D eigenvalue weighted by molar-refractivity contribution is 7.88. The van der Waals surface area contributed by atoms with Crippen LogP contribution in [0.2, 0.25) is 0 Å². The first-order chi connectivity index (χ1) is 9.42. The number of hydrogen-bond acceptors (Lipinski definition) is 3. The highest BCUT2D eigenvalue weighted by Gasteiger charge is 2.37. The Morgan fingerprint density at radius 1 is 1.15 bits per heavy atom. The summed E-state index contributed by atoms with van der Waals surface area (Å²) < 4.78 is 25.1. The molecule has 1 aliphatic carbocycles. The molecule has 1 heterocycles. The topological polar surface area (TPSA) is 66.5 Å². The van der Waals surface area contributed by atoms with E-state index in [1.807, 2.05) is 17.0 Å². The fourth-order valence-electron chi connectivity index (χ4n) is 3.22. The number of fused-ring (bicyclic) bond motifs is 1. The predicted molar refractivity (Wildman–Crippen MR) is 75.7 cm³/mol. The molecule has 1 aliphatic heterocycles. The Morgan fingerprint density at radius 3 is 2.30 bits per heavy atom. The molecule has 2 aliphatic rings. The fraction of sp³-hybridized carbons (Fsp3) is 0.500.